The lowest BCUT2D eigenvalue weighted by Crippen LogP contribution is -2.20. The fraction of sp³-hybridized carbons (Fsp3) is 0.179. The number of aryl methyl sites for hydroxylation is 2. The standard InChI is InChI=1S/C28H26BrN3O4/c1-4-35-25-10-8-23(9-11-25)32-28(34)21(16-30)14-20-15-22(29)6-12-26(20)36-17-27(33)31-24-7-5-18(2)19(3)13-24/h5-15H,4,17H2,1-3H3,(H,31,33)(H,32,34)/b21-14+. The molecule has 0 aliphatic carbocycles. The highest BCUT2D eigenvalue weighted by Gasteiger charge is 2.13. The Kier molecular flexibility index (Phi) is 9.25. The molecule has 0 aliphatic rings. The lowest BCUT2D eigenvalue weighted by molar-refractivity contribution is -0.118. The second kappa shape index (κ2) is 12.6. The van der Waals surface area contributed by atoms with Gasteiger partial charge >= 0.3 is 0 Å². The third kappa shape index (κ3) is 7.45. The smallest absolute Gasteiger partial charge is 0.266 e. The van der Waals surface area contributed by atoms with E-state index >= 15 is 0 Å². The number of anilines is 2. The highest BCUT2D eigenvalue weighted by Crippen LogP contribution is 2.26. The SMILES string of the molecule is CCOc1ccc(NC(=O)/C(C#N)=C/c2cc(Br)ccc2OCC(=O)Nc2ccc(C)c(C)c2)cc1. The molecule has 2 N–H and O–H groups in total. The molecule has 8 heteroatoms. The minimum atomic E-state index is -0.569. The first-order chi connectivity index (χ1) is 17.3. The van der Waals surface area contributed by atoms with Gasteiger partial charge in [-0.25, -0.2) is 0 Å². The fourth-order valence-corrected chi connectivity index (χ4v) is 3.61. The molecule has 0 unspecified atom stereocenters. The summed E-state index contributed by atoms with van der Waals surface area (Å²) >= 11 is 3.40. The van der Waals surface area contributed by atoms with Crippen molar-refractivity contribution in [3.63, 3.8) is 0 Å². The molecule has 0 saturated carbocycles. The van der Waals surface area contributed by atoms with Crippen molar-refractivity contribution >= 4 is 45.2 Å². The van der Waals surface area contributed by atoms with E-state index in [0.29, 0.717) is 35.0 Å². The Morgan fingerprint density at radius 1 is 0.944 bits per heavy atom. The summed E-state index contributed by atoms with van der Waals surface area (Å²) in [7, 11) is 0. The van der Waals surface area contributed by atoms with Gasteiger partial charge in [-0.05, 0) is 92.6 Å². The third-order valence-corrected chi connectivity index (χ3v) is 5.70. The summed E-state index contributed by atoms with van der Waals surface area (Å²) in [6, 6.07) is 19.6. The Hall–Kier alpha value is -4.09. The van der Waals surface area contributed by atoms with Crippen molar-refractivity contribution in [2.75, 3.05) is 23.8 Å². The highest BCUT2D eigenvalue weighted by atomic mass is 79.9. The van der Waals surface area contributed by atoms with Crippen molar-refractivity contribution in [2.45, 2.75) is 20.8 Å². The lowest BCUT2D eigenvalue weighted by Gasteiger charge is -2.12. The number of benzene rings is 3. The van der Waals surface area contributed by atoms with E-state index in [1.54, 1.807) is 42.5 Å². The lowest BCUT2D eigenvalue weighted by atomic mass is 10.1. The first-order valence-electron chi connectivity index (χ1n) is 11.2. The molecule has 184 valence electrons. The van der Waals surface area contributed by atoms with Crippen LogP contribution in [0.25, 0.3) is 6.08 Å². The molecule has 0 atom stereocenters. The zero-order chi connectivity index (χ0) is 26.1. The van der Waals surface area contributed by atoms with Gasteiger partial charge < -0.3 is 20.1 Å². The molecular formula is C28H26BrN3O4. The Labute approximate surface area is 218 Å². The van der Waals surface area contributed by atoms with E-state index < -0.39 is 5.91 Å². The average molecular weight is 548 g/mol. The molecule has 0 aliphatic heterocycles. The third-order valence-electron chi connectivity index (χ3n) is 5.21. The molecule has 3 aromatic rings. The van der Waals surface area contributed by atoms with Gasteiger partial charge in [0.05, 0.1) is 6.61 Å². The number of carbonyl (C=O) groups is 2. The van der Waals surface area contributed by atoms with Gasteiger partial charge in [-0.2, -0.15) is 5.26 Å². The monoisotopic (exact) mass is 547 g/mol. The summed E-state index contributed by atoms with van der Waals surface area (Å²) in [6.07, 6.45) is 1.42. The van der Waals surface area contributed by atoms with Crippen molar-refractivity contribution in [2.24, 2.45) is 0 Å². The van der Waals surface area contributed by atoms with Crippen LogP contribution in [-0.4, -0.2) is 25.0 Å². The Morgan fingerprint density at radius 2 is 1.67 bits per heavy atom. The van der Waals surface area contributed by atoms with Crippen LogP contribution < -0.4 is 20.1 Å². The zero-order valence-corrected chi connectivity index (χ0v) is 21.8. The van der Waals surface area contributed by atoms with Gasteiger partial charge in [0.15, 0.2) is 6.61 Å². The largest absolute Gasteiger partial charge is 0.494 e. The van der Waals surface area contributed by atoms with E-state index in [-0.39, 0.29) is 18.1 Å². The van der Waals surface area contributed by atoms with E-state index in [0.717, 1.165) is 15.6 Å². The van der Waals surface area contributed by atoms with Crippen LogP contribution in [0.2, 0.25) is 0 Å². The predicted octanol–water partition coefficient (Wildman–Crippen LogP) is 6.03. The van der Waals surface area contributed by atoms with Gasteiger partial charge in [-0.1, -0.05) is 22.0 Å². The van der Waals surface area contributed by atoms with Gasteiger partial charge in [0.2, 0.25) is 0 Å². The van der Waals surface area contributed by atoms with Crippen molar-refractivity contribution in [3.05, 3.63) is 87.4 Å². The van der Waals surface area contributed by atoms with Crippen LogP contribution in [0.1, 0.15) is 23.6 Å². The fourth-order valence-electron chi connectivity index (χ4n) is 3.23. The summed E-state index contributed by atoms with van der Waals surface area (Å²) < 4.78 is 11.9. The summed E-state index contributed by atoms with van der Waals surface area (Å²) in [6.45, 7) is 6.16. The second-order valence-corrected chi connectivity index (χ2v) is 8.82. The van der Waals surface area contributed by atoms with E-state index in [4.69, 9.17) is 9.47 Å². The van der Waals surface area contributed by atoms with E-state index in [1.807, 2.05) is 45.0 Å². The van der Waals surface area contributed by atoms with Crippen molar-refractivity contribution in [1.29, 1.82) is 5.26 Å². The molecule has 0 aromatic heterocycles. The Bertz CT molecular complexity index is 1330. The molecule has 0 bridgehead atoms. The van der Waals surface area contributed by atoms with Crippen LogP contribution in [0.15, 0.2) is 70.7 Å². The van der Waals surface area contributed by atoms with E-state index in [9.17, 15) is 14.9 Å². The van der Waals surface area contributed by atoms with Gasteiger partial charge in [0.25, 0.3) is 11.8 Å². The predicted molar refractivity (Wildman–Crippen MR) is 144 cm³/mol. The number of carbonyl (C=O) groups excluding carboxylic acids is 2. The zero-order valence-electron chi connectivity index (χ0n) is 20.2. The Balaban J connectivity index is 1.71. The van der Waals surface area contributed by atoms with Gasteiger partial charge in [-0.15, -0.1) is 0 Å². The number of ether oxygens (including phenoxy) is 2. The van der Waals surface area contributed by atoms with Gasteiger partial charge in [-0.3, -0.25) is 9.59 Å². The minimum absolute atomic E-state index is 0.119. The summed E-state index contributed by atoms with van der Waals surface area (Å²) in [5.74, 6) is 0.143. The first-order valence-corrected chi connectivity index (χ1v) is 12.0. The molecule has 3 rings (SSSR count). The van der Waals surface area contributed by atoms with Crippen molar-refractivity contribution < 1.29 is 19.1 Å². The van der Waals surface area contributed by atoms with Gasteiger partial charge in [0.1, 0.15) is 23.1 Å². The molecule has 3 aromatic carbocycles. The molecule has 7 nitrogen and oxygen atoms in total. The number of rotatable bonds is 9. The molecule has 2 amide bonds. The number of amides is 2. The maximum absolute atomic E-state index is 12.7. The molecule has 36 heavy (non-hydrogen) atoms. The molecular weight excluding hydrogens is 522 g/mol. The Morgan fingerprint density at radius 3 is 2.33 bits per heavy atom. The maximum Gasteiger partial charge on any atom is 0.266 e. The minimum Gasteiger partial charge on any atom is -0.494 e. The molecule has 0 fully saturated rings. The van der Waals surface area contributed by atoms with Crippen LogP contribution in [0.5, 0.6) is 11.5 Å². The molecule has 0 radical (unpaired) electrons. The topological polar surface area (TPSA) is 100 Å². The molecule has 0 heterocycles. The van der Waals surface area contributed by atoms with Gasteiger partial charge in [0, 0.05) is 21.4 Å². The van der Waals surface area contributed by atoms with Crippen LogP contribution in [-0.2, 0) is 9.59 Å². The normalized spacial score (nSPS) is 10.8. The van der Waals surface area contributed by atoms with E-state index in [2.05, 4.69) is 26.6 Å². The number of halogens is 1. The summed E-state index contributed by atoms with van der Waals surface area (Å²) in [5.41, 5.74) is 3.77. The van der Waals surface area contributed by atoms with Crippen molar-refractivity contribution in [3.8, 4) is 17.6 Å². The highest BCUT2D eigenvalue weighted by molar-refractivity contribution is 9.10. The first kappa shape index (κ1) is 26.5. The number of hydrogen-bond acceptors (Lipinski definition) is 5. The van der Waals surface area contributed by atoms with Crippen LogP contribution in [0, 0.1) is 25.2 Å². The summed E-state index contributed by atoms with van der Waals surface area (Å²) in [4.78, 5) is 25.2. The molecule has 0 saturated heterocycles. The van der Waals surface area contributed by atoms with Crippen LogP contribution in [0.4, 0.5) is 11.4 Å². The van der Waals surface area contributed by atoms with Crippen molar-refractivity contribution in [1.82, 2.24) is 0 Å². The average Bonchev–Trinajstić information content (AvgIpc) is 2.85. The maximum atomic E-state index is 12.7. The quantitative estimate of drug-likeness (QED) is 0.251. The number of hydrogen-bond donors (Lipinski definition) is 2. The number of nitrogens with zero attached hydrogens (tertiary/aromatic N) is 1. The van der Waals surface area contributed by atoms with Crippen LogP contribution in [0.3, 0.4) is 0 Å². The number of nitrogens with one attached hydrogen (secondary N) is 2. The second-order valence-electron chi connectivity index (χ2n) is 7.90. The number of nitriles is 1. The summed E-state index contributed by atoms with van der Waals surface area (Å²) in [5, 5.41) is 15.1. The molecule has 0 spiro atoms. The van der Waals surface area contributed by atoms with E-state index in [1.165, 1.54) is 6.08 Å². The van der Waals surface area contributed by atoms with Crippen LogP contribution >= 0.6 is 15.9 Å².